The zero-order chi connectivity index (χ0) is 14.8. The van der Waals surface area contributed by atoms with Gasteiger partial charge in [0.15, 0.2) is 0 Å². The lowest BCUT2D eigenvalue weighted by Gasteiger charge is -2.18. The largest absolute Gasteiger partial charge is 0.481 e. The number of sulfonamides is 1. The zero-order valence-electron chi connectivity index (χ0n) is 10.8. The first-order valence-electron chi connectivity index (χ1n) is 5.66. The molecule has 2 N–H and O–H groups in total. The summed E-state index contributed by atoms with van der Waals surface area (Å²) in [5.41, 5.74) is 0.598. The van der Waals surface area contributed by atoms with Crippen molar-refractivity contribution in [2.45, 2.75) is 31.7 Å². The molecule has 1 aromatic carbocycles. The van der Waals surface area contributed by atoms with E-state index in [1.165, 1.54) is 26.0 Å². The van der Waals surface area contributed by atoms with Crippen LogP contribution in [0, 0.1) is 18.7 Å². The lowest BCUT2D eigenvalue weighted by atomic mass is 10.1. The van der Waals surface area contributed by atoms with Crippen LogP contribution in [-0.4, -0.2) is 25.5 Å². The Labute approximate surface area is 111 Å². The van der Waals surface area contributed by atoms with E-state index in [2.05, 4.69) is 4.72 Å². The Hall–Kier alpha value is -1.47. The average Bonchev–Trinajstić information content (AvgIpc) is 2.30. The van der Waals surface area contributed by atoms with Crippen LogP contribution in [0.15, 0.2) is 23.1 Å². The highest BCUT2D eigenvalue weighted by Gasteiger charge is 2.27. The molecule has 19 heavy (non-hydrogen) atoms. The van der Waals surface area contributed by atoms with Gasteiger partial charge in [-0.2, -0.15) is 0 Å². The molecule has 2 atom stereocenters. The summed E-state index contributed by atoms with van der Waals surface area (Å²) in [5, 5.41) is 8.81. The van der Waals surface area contributed by atoms with Crippen LogP contribution in [0.5, 0.6) is 0 Å². The van der Waals surface area contributed by atoms with Crippen molar-refractivity contribution in [1.82, 2.24) is 4.72 Å². The maximum atomic E-state index is 13.5. The first-order chi connectivity index (χ1) is 8.65. The van der Waals surface area contributed by atoms with E-state index in [0.717, 1.165) is 6.07 Å². The lowest BCUT2D eigenvalue weighted by Crippen LogP contribution is -2.40. The van der Waals surface area contributed by atoms with Crippen LogP contribution < -0.4 is 4.72 Å². The van der Waals surface area contributed by atoms with Gasteiger partial charge in [0.2, 0.25) is 10.0 Å². The second kappa shape index (κ2) is 5.66. The predicted molar refractivity (Wildman–Crippen MR) is 67.7 cm³/mol. The lowest BCUT2D eigenvalue weighted by molar-refractivity contribution is -0.141. The molecule has 0 heterocycles. The number of carboxylic acid groups (broad SMARTS) is 1. The standard InChI is InChI=1S/C12H16FNO4S/c1-7-4-5-10(13)11(6-7)19(17,18)14-9(3)8(2)12(15)16/h4-6,8-9,14H,1-3H3,(H,15,16). The summed E-state index contributed by atoms with van der Waals surface area (Å²) in [6.07, 6.45) is 0. The summed E-state index contributed by atoms with van der Waals surface area (Å²) < 4.78 is 39.7. The maximum absolute atomic E-state index is 13.5. The van der Waals surface area contributed by atoms with Crippen molar-refractivity contribution in [3.05, 3.63) is 29.6 Å². The fourth-order valence-corrected chi connectivity index (χ4v) is 2.93. The van der Waals surface area contributed by atoms with Gasteiger partial charge in [0, 0.05) is 6.04 Å². The molecule has 7 heteroatoms. The third kappa shape index (κ3) is 3.74. The van der Waals surface area contributed by atoms with E-state index in [1.807, 2.05) is 0 Å². The van der Waals surface area contributed by atoms with E-state index in [9.17, 15) is 17.6 Å². The molecule has 1 rings (SSSR count). The molecule has 106 valence electrons. The third-order valence-corrected chi connectivity index (χ3v) is 4.43. The molecule has 2 unspecified atom stereocenters. The van der Waals surface area contributed by atoms with E-state index < -0.39 is 38.7 Å². The Bertz CT molecular complexity index is 585. The monoisotopic (exact) mass is 289 g/mol. The van der Waals surface area contributed by atoms with Gasteiger partial charge in [0.05, 0.1) is 5.92 Å². The first kappa shape index (κ1) is 15.6. The van der Waals surface area contributed by atoms with Crippen LogP contribution >= 0.6 is 0 Å². The van der Waals surface area contributed by atoms with Crippen molar-refractivity contribution < 1.29 is 22.7 Å². The van der Waals surface area contributed by atoms with Gasteiger partial charge in [-0.05, 0) is 31.5 Å². The molecule has 5 nitrogen and oxygen atoms in total. The summed E-state index contributed by atoms with van der Waals surface area (Å²) in [7, 11) is -4.08. The fourth-order valence-electron chi connectivity index (χ4n) is 1.44. The second-order valence-corrected chi connectivity index (χ2v) is 6.15. The van der Waals surface area contributed by atoms with Crippen molar-refractivity contribution >= 4 is 16.0 Å². The maximum Gasteiger partial charge on any atom is 0.307 e. The molecule has 0 aromatic heterocycles. The van der Waals surface area contributed by atoms with Gasteiger partial charge in [0.25, 0.3) is 0 Å². The Kier molecular flexibility index (Phi) is 4.65. The van der Waals surface area contributed by atoms with Gasteiger partial charge in [-0.25, -0.2) is 17.5 Å². The average molecular weight is 289 g/mol. The van der Waals surface area contributed by atoms with Crippen molar-refractivity contribution in [1.29, 1.82) is 0 Å². The Morgan fingerprint density at radius 1 is 1.37 bits per heavy atom. The van der Waals surface area contributed by atoms with Gasteiger partial charge >= 0.3 is 5.97 Å². The van der Waals surface area contributed by atoms with Crippen molar-refractivity contribution in [2.75, 3.05) is 0 Å². The van der Waals surface area contributed by atoms with E-state index in [4.69, 9.17) is 5.11 Å². The number of carbonyl (C=O) groups is 1. The normalized spacial score (nSPS) is 14.9. The molecule has 0 radical (unpaired) electrons. The SMILES string of the molecule is Cc1ccc(F)c(S(=O)(=O)NC(C)C(C)C(=O)O)c1. The van der Waals surface area contributed by atoms with Gasteiger partial charge in [0.1, 0.15) is 10.7 Å². The molecule has 0 aliphatic rings. The molecule has 0 saturated carbocycles. The molecule has 0 aliphatic carbocycles. The third-order valence-electron chi connectivity index (χ3n) is 2.86. The Morgan fingerprint density at radius 2 is 1.95 bits per heavy atom. The first-order valence-corrected chi connectivity index (χ1v) is 7.14. The van der Waals surface area contributed by atoms with E-state index in [0.29, 0.717) is 5.56 Å². The van der Waals surface area contributed by atoms with Gasteiger partial charge < -0.3 is 5.11 Å². The van der Waals surface area contributed by atoms with Crippen LogP contribution in [0.1, 0.15) is 19.4 Å². The molecular weight excluding hydrogens is 273 g/mol. The topological polar surface area (TPSA) is 83.5 Å². The summed E-state index contributed by atoms with van der Waals surface area (Å²) >= 11 is 0. The molecule has 0 amide bonds. The molecule has 0 aliphatic heterocycles. The van der Waals surface area contributed by atoms with Crippen molar-refractivity contribution in [2.24, 2.45) is 5.92 Å². The van der Waals surface area contributed by atoms with Crippen LogP contribution in [-0.2, 0) is 14.8 Å². The van der Waals surface area contributed by atoms with Crippen LogP contribution in [0.2, 0.25) is 0 Å². The van der Waals surface area contributed by atoms with Crippen molar-refractivity contribution in [3.8, 4) is 0 Å². The molecule has 0 saturated heterocycles. The Morgan fingerprint density at radius 3 is 2.47 bits per heavy atom. The van der Waals surface area contributed by atoms with Gasteiger partial charge in [-0.15, -0.1) is 0 Å². The number of nitrogens with one attached hydrogen (secondary N) is 1. The quantitative estimate of drug-likeness (QED) is 0.861. The minimum Gasteiger partial charge on any atom is -0.481 e. The highest BCUT2D eigenvalue weighted by molar-refractivity contribution is 7.89. The smallest absolute Gasteiger partial charge is 0.307 e. The molecule has 0 bridgehead atoms. The molecule has 0 spiro atoms. The summed E-state index contributed by atoms with van der Waals surface area (Å²) in [6.45, 7) is 4.44. The number of hydrogen-bond acceptors (Lipinski definition) is 3. The summed E-state index contributed by atoms with van der Waals surface area (Å²) in [6, 6.07) is 2.88. The highest BCUT2D eigenvalue weighted by atomic mass is 32.2. The summed E-state index contributed by atoms with van der Waals surface area (Å²) in [4.78, 5) is 10.3. The number of carboxylic acids is 1. The number of halogens is 1. The molecule has 1 aromatic rings. The number of aliphatic carboxylic acids is 1. The summed E-state index contributed by atoms with van der Waals surface area (Å²) in [5.74, 6) is -2.91. The highest BCUT2D eigenvalue weighted by Crippen LogP contribution is 2.17. The van der Waals surface area contributed by atoms with E-state index >= 15 is 0 Å². The fraction of sp³-hybridized carbons (Fsp3) is 0.417. The number of rotatable bonds is 5. The number of hydrogen-bond donors (Lipinski definition) is 2. The second-order valence-electron chi connectivity index (χ2n) is 4.47. The van der Waals surface area contributed by atoms with Crippen LogP contribution in [0.4, 0.5) is 4.39 Å². The molecule has 0 fully saturated rings. The minimum absolute atomic E-state index is 0.475. The number of benzene rings is 1. The van der Waals surface area contributed by atoms with E-state index in [1.54, 1.807) is 6.92 Å². The van der Waals surface area contributed by atoms with E-state index in [-0.39, 0.29) is 0 Å². The van der Waals surface area contributed by atoms with Gasteiger partial charge in [-0.3, -0.25) is 4.79 Å². The number of aryl methyl sites for hydroxylation is 1. The van der Waals surface area contributed by atoms with Crippen LogP contribution in [0.3, 0.4) is 0 Å². The zero-order valence-corrected chi connectivity index (χ0v) is 11.7. The minimum atomic E-state index is -4.08. The van der Waals surface area contributed by atoms with Gasteiger partial charge in [-0.1, -0.05) is 13.0 Å². The van der Waals surface area contributed by atoms with Crippen molar-refractivity contribution in [3.63, 3.8) is 0 Å². The predicted octanol–water partition coefficient (Wildman–Crippen LogP) is 1.52. The molecular formula is C12H16FNO4S. The van der Waals surface area contributed by atoms with Crippen LogP contribution in [0.25, 0.3) is 0 Å². The Balaban J connectivity index is 3.05.